The molecule has 94 valence electrons. The first-order valence-corrected chi connectivity index (χ1v) is 5.85. The van der Waals surface area contributed by atoms with Gasteiger partial charge in [-0.15, -0.1) is 0 Å². The molecule has 0 saturated heterocycles. The minimum absolute atomic E-state index is 0.858. The Kier molecular flexibility index (Phi) is 4.24. The van der Waals surface area contributed by atoms with Gasteiger partial charge in [0.05, 0.1) is 5.69 Å². The molecule has 0 radical (unpaired) electrons. The van der Waals surface area contributed by atoms with Crippen molar-refractivity contribution in [2.75, 3.05) is 0 Å². The van der Waals surface area contributed by atoms with E-state index < -0.39 is 5.97 Å². The lowest BCUT2D eigenvalue weighted by Gasteiger charge is -1.99. The SMILES string of the molecule is O=C(O)C=Cc1ccccc1C=Cc1ccccn1. The van der Waals surface area contributed by atoms with Crippen LogP contribution in [0.3, 0.4) is 0 Å². The maximum absolute atomic E-state index is 10.5. The van der Waals surface area contributed by atoms with E-state index in [0.29, 0.717) is 0 Å². The third-order valence-electron chi connectivity index (χ3n) is 2.52. The summed E-state index contributed by atoms with van der Waals surface area (Å²) in [7, 11) is 0. The van der Waals surface area contributed by atoms with Gasteiger partial charge in [-0.3, -0.25) is 4.98 Å². The topological polar surface area (TPSA) is 50.2 Å². The molecule has 1 aromatic carbocycles. The first-order valence-electron chi connectivity index (χ1n) is 5.85. The summed E-state index contributed by atoms with van der Waals surface area (Å²) in [6.45, 7) is 0. The monoisotopic (exact) mass is 251 g/mol. The Balaban J connectivity index is 2.25. The molecule has 19 heavy (non-hydrogen) atoms. The summed E-state index contributed by atoms with van der Waals surface area (Å²) in [6.07, 6.45) is 8.26. The maximum atomic E-state index is 10.5. The highest BCUT2D eigenvalue weighted by atomic mass is 16.4. The highest BCUT2D eigenvalue weighted by molar-refractivity contribution is 5.86. The van der Waals surface area contributed by atoms with Crippen molar-refractivity contribution in [3.05, 3.63) is 71.6 Å². The van der Waals surface area contributed by atoms with Crippen molar-refractivity contribution in [1.29, 1.82) is 0 Å². The van der Waals surface area contributed by atoms with Gasteiger partial charge in [-0.05, 0) is 35.4 Å². The fourth-order valence-electron chi connectivity index (χ4n) is 1.63. The highest BCUT2D eigenvalue weighted by Crippen LogP contribution is 2.14. The normalized spacial score (nSPS) is 11.2. The molecule has 3 heteroatoms. The number of carbonyl (C=O) groups is 1. The van der Waals surface area contributed by atoms with E-state index in [1.54, 1.807) is 12.3 Å². The summed E-state index contributed by atoms with van der Waals surface area (Å²) in [6, 6.07) is 13.3. The van der Waals surface area contributed by atoms with Crippen LogP contribution in [0.15, 0.2) is 54.7 Å². The number of pyridine rings is 1. The number of benzene rings is 1. The molecular weight excluding hydrogens is 238 g/mol. The van der Waals surface area contributed by atoms with Crippen LogP contribution in [0.4, 0.5) is 0 Å². The second-order valence-corrected chi connectivity index (χ2v) is 3.89. The second-order valence-electron chi connectivity index (χ2n) is 3.89. The van der Waals surface area contributed by atoms with Crippen LogP contribution in [0.25, 0.3) is 18.2 Å². The summed E-state index contributed by atoms with van der Waals surface area (Å²) < 4.78 is 0. The molecule has 1 N–H and O–H groups in total. The van der Waals surface area contributed by atoms with E-state index in [-0.39, 0.29) is 0 Å². The number of carboxylic acid groups (broad SMARTS) is 1. The lowest BCUT2D eigenvalue weighted by Crippen LogP contribution is -1.87. The number of nitrogens with zero attached hydrogens (tertiary/aromatic N) is 1. The molecule has 0 aliphatic heterocycles. The van der Waals surface area contributed by atoms with E-state index in [2.05, 4.69) is 4.98 Å². The Morgan fingerprint density at radius 2 is 1.63 bits per heavy atom. The molecule has 0 fully saturated rings. The Bertz CT molecular complexity index is 616. The van der Waals surface area contributed by atoms with Crippen LogP contribution in [-0.2, 0) is 4.79 Å². The van der Waals surface area contributed by atoms with Gasteiger partial charge < -0.3 is 5.11 Å². The van der Waals surface area contributed by atoms with E-state index in [4.69, 9.17) is 5.11 Å². The Morgan fingerprint density at radius 1 is 0.947 bits per heavy atom. The third-order valence-corrected chi connectivity index (χ3v) is 2.52. The Morgan fingerprint density at radius 3 is 2.26 bits per heavy atom. The fraction of sp³-hybridized carbons (Fsp3) is 0. The molecular formula is C16H13NO2. The summed E-state index contributed by atoms with van der Waals surface area (Å²) in [5.41, 5.74) is 2.67. The number of carboxylic acids is 1. The van der Waals surface area contributed by atoms with E-state index in [9.17, 15) is 4.79 Å². The third kappa shape index (κ3) is 3.92. The van der Waals surface area contributed by atoms with Crippen LogP contribution in [0.5, 0.6) is 0 Å². The van der Waals surface area contributed by atoms with Crippen LogP contribution in [0, 0.1) is 0 Å². The second kappa shape index (κ2) is 6.31. The molecule has 0 amide bonds. The molecule has 0 aliphatic rings. The van der Waals surface area contributed by atoms with Crippen LogP contribution >= 0.6 is 0 Å². The van der Waals surface area contributed by atoms with E-state index in [1.807, 2.05) is 54.6 Å². The molecule has 0 bridgehead atoms. The zero-order valence-corrected chi connectivity index (χ0v) is 10.2. The molecule has 1 heterocycles. The molecule has 2 aromatic rings. The predicted octanol–water partition coefficient (Wildman–Crippen LogP) is 3.35. The van der Waals surface area contributed by atoms with Gasteiger partial charge in [-0.25, -0.2) is 4.79 Å². The summed E-state index contributed by atoms with van der Waals surface area (Å²) in [5, 5.41) is 8.66. The van der Waals surface area contributed by atoms with E-state index >= 15 is 0 Å². The largest absolute Gasteiger partial charge is 0.478 e. The van der Waals surface area contributed by atoms with Gasteiger partial charge in [0.1, 0.15) is 0 Å². The van der Waals surface area contributed by atoms with Crippen molar-refractivity contribution in [2.24, 2.45) is 0 Å². The van der Waals surface area contributed by atoms with E-state index in [0.717, 1.165) is 22.9 Å². The number of hydrogen-bond donors (Lipinski definition) is 1. The quantitative estimate of drug-likeness (QED) is 0.848. The van der Waals surface area contributed by atoms with Gasteiger partial charge in [-0.1, -0.05) is 36.4 Å². The molecule has 2 rings (SSSR count). The van der Waals surface area contributed by atoms with Gasteiger partial charge in [-0.2, -0.15) is 0 Å². The van der Waals surface area contributed by atoms with Crippen LogP contribution in [-0.4, -0.2) is 16.1 Å². The van der Waals surface area contributed by atoms with Crippen molar-refractivity contribution < 1.29 is 9.90 Å². The Hall–Kier alpha value is -2.68. The summed E-state index contributed by atoms with van der Waals surface area (Å²) >= 11 is 0. The molecule has 0 unspecified atom stereocenters. The van der Waals surface area contributed by atoms with Crippen LogP contribution in [0.1, 0.15) is 16.8 Å². The number of aromatic nitrogens is 1. The molecule has 3 nitrogen and oxygen atoms in total. The summed E-state index contributed by atoms with van der Waals surface area (Å²) in [5.74, 6) is -0.955. The zero-order chi connectivity index (χ0) is 13.5. The minimum Gasteiger partial charge on any atom is -0.478 e. The smallest absolute Gasteiger partial charge is 0.328 e. The standard InChI is InChI=1S/C16H13NO2/c18-16(19)11-9-14-6-2-1-5-13(14)8-10-15-7-3-4-12-17-15/h1-12H,(H,18,19). The number of rotatable bonds is 4. The zero-order valence-electron chi connectivity index (χ0n) is 10.2. The fourth-order valence-corrected chi connectivity index (χ4v) is 1.63. The van der Waals surface area contributed by atoms with Crippen LogP contribution in [0.2, 0.25) is 0 Å². The van der Waals surface area contributed by atoms with Gasteiger partial charge in [0.2, 0.25) is 0 Å². The van der Waals surface area contributed by atoms with Crippen LogP contribution < -0.4 is 0 Å². The Labute approximate surface area is 111 Å². The van der Waals surface area contributed by atoms with Gasteiger partial charge in [0.15, 0.2) is 0 Å². The number of hydrogen-bond acceptors (Lipinski definition) is 2. The summed E-state index contributed by atoms with van der Waals surface area (Å²) in [4.78, 5) is 14.7. The molecule has 0 saturated carbocycles. The molecule has 0 spiro atoms. The molecule has 1 aromatic heterocycles. The van der Waals surface area contributed by atoms with Gasteiger partial charge in [0.25, 0.3) is 0 Å². The maximum Gasteiger partial charge on any atom is 0.328 e. The number of aliphatic carboxylic acids is 1. The first kappa shape index (κ1) is 12.8. The average molecular weight is 251 g/mol. The van der Waals surface area contributed by atoms with Crippen molar-refractivity contribution in [3.8, 4) is 0 Å². The van der Waals surface area contributed by atoms with Crippen molar-refractivity contribution in [2.45, 2.75) is 0 Å². The van der Waals surface area contributed by atoms with Crippen molar-refractivity contribution in [3.63, 3.8) is 0 Å². The van der Waals surface area contributed by atoms with Gasteiger partial charge >= 0.3 is 5.97 Å². The van der Waals surface area contributed by atoms with Gasteiger partial charge in [0, 0.05) is 12.3 Å². The lowest BCUT2D eigenvalue weighted by atomic mass is 10.1. The molecule has 0 aliphatic carbocycles. The van der Waals surface area contributed by atoms with E-state index in [1.165, 1.54) is 0 Å². The predicted molar refractivity (Wildman–Crippen MR) is 76.3 cm³/mol. The first-order chi connectivity index (χ1) is 9.25. The molecule has 0 atom stereocenters. The van der Waals surface area contributed by atoms with Crippen molar-refractivity contribution in [1.82, 2.24) is 4.98 Å². The lowest BCUT2D eigenvalue weighted by molar-refractivity contribution is -0.131. The highest BCUT2D eigenvalue weighted by Gasteiger charge is 1.96. The van der Waals surface area contributed by atoms with Crippen molar-refractivity contribution >= 4 is 24.2 Å². The minimum atomic E-state index is -0.955. The average Bonchev–Trinajstić information content (AvgIpc) is 2.45.